The summed E-state index contributed by atoms with van der Waals surface area (Å²) in [6, 6.07) is 27.2. The zero-order valence-electron chi connectivity index (χ0n) is 16.3. The molecule has 4 rings (SSSR count). The molecule has 4 nitrogen and oxygen atoms in total. The average molecular weight is 383 g/mol. The first kappa shape index (κ1) is 18.6. The summed E-state index contributed by atoms with van der Waals surface area (Å²) in [7, 11) is 3.23. The highest BCUT2D eigenvalue weighted by molar-refractivity contribution is 6.09. The third-order valence-corrected chi connectivity index (χ3v) is 4.84. The van der Waals surface area contributed by atoms with Crippen LogP contribution in [0.3, 0.4) is 0 Å². The molecule has 0 unspecified atom stereocenters. The molecule has 4 aromatic rings. The van der Waals surface area contributed by atoms with Crippen LogP contribution >= 0.6 is 0 Å². The molecule has 0 aliphatic rings. The van der Waals surface area contributed by atoms with Gasteiger partial charge in [0.2, 0.25) is 0 Å². The molecular formula is C25H21NO3. The van der Waals surface area contributed by atoms with Crippen LogP contribution in [-0.2, 0) is 0 Å². The standard InChI is InChI=1S/C25H21NO3/c1-28-22-10-6-7-17(14-22)18-11-12-19-16-24(29-2)23(15-20(19)13-18)25(27)26-21-8-4-3-5-9-21/h3-16H,1-2H3,(H,26,27). The molecule has 0 heterocycles. The van der Waals surface area contributed by atoms with Crippen molar-refractivity contribution < 1.29 is 14.3 Å². The molecule has 4 heteroatoms. The number of carbonyl (C=O) groups excluding carboxylic acids is 1. The fraction of sp³-hybridized carbons (Fsp3) is 0.0800. The second-order valence-electron chi connectivity index (χ2n) is 6.67. The number of hydrogen-bond acceptors (Lipinski definition) is 3. The van der Waals surface area contributed by atoms with Crippen LogP contribution in [-0.4, -0.2) is 20.1 Å². The highest BCUT2D eigenvalue weighted by Gasteiger charge is 2.14. The van der Waals surface area contributed by atoms with Gasteiger partial charge in [-0.05, 0) is 64.4 Å². The third-order valence-electron chi connectivity index (χ3n) is 4.84. The summed E-state index contributed by atoms with van der Waals surface area (Å²) in [6.45, 7) is 0. The van der Waals surface area contributed by atoms with E-state index in [2.05, 4.69) is 17.4 Å². The quantitative estimate of drug-likeness (QED) is 0.475. The maximum atomic E-state index is 12.9. The van der Waals surface area contributed by atoms with Gasteiger partial charge >= 0.3 is 0 Å². The van der Waals surface area contributed by atoms with Gasteiger partial charge in [0, 0.05) is 5.69 Å². The first-order valence-corrected chi connectivity index (χ1v) is 9.30. The third kappa shape index (κ3) is 3.92. The normalized spacial score (nSPS) is 10.6. The van der Waals surface area contributed by atoms with Gasteiger partial charge < -0.3 is 14.8 Å². The topological polar surface area (TPSA) is 47.6 Å². The van der Waals surface area contributed by atoms with Crippen molar-refractivity contribution in [1.82, 2.24) is 0 Å². The van der Waals surface area contributed by atoms with E-state index in [1.807, 2.05) is 72.8 Å². The lowest BCUT2D eigenvalue weighted by Crippen LogP contribution is -2.13. The highest BCUT2D eigenvalue weighted by atomic mass is 16.5. The summed E-state index contributed by atoms with van der Waals surface area (Å²) < 4.78 is 10.8. The Morgan fingerprint density at radius 2 is 1.52 bits per heavy atom. The number of rotatable bonds is 5. The lowest BCUT2D eigenvalue weighted by Gasteiger charge is -2.12. The van der Waals surface area contributed by atoms with E-state index < -0.39 is 0 Å². The van der Waals surface area contributed by atoms with E-state index >= 15 is 0 Å². The van der Waals surface area contributed by atoms with Crippen LogP contribution in [0.25, 0.3) is 21.9 Å². The molecule has 0 aliphatic carbocycles. The first-order valence-electron chi connectivity index (χ1n) is 9.30. The number of benzene rings is 4. The van der Waals surface area contributed by atoms with Crippen LogP contribution in [0.4, 0.5) is 5.69 Å². The minimum atomic E-state index is -0.207. The van der Waals surface area contributed by atoms with E-state index in [1.165, 1.54) is 0 Å². The van der Waals surface area contributed by atoms with Crippen molar-refractivity contribution >= 4 is 22.4 Å². The minimum absolute atomic E-state index is 0.207. The molecule has 0 atom stereocenters. The van der Waals surface area contributed by atoms with Gasteiger partial charge in [0.05, 0.1) is 19.8 Å². The fourth-order valence-electron chi connectivity index (χ4n) is 3.33. The predicted octanol–water partition coefficient (Wildman–Crippen LogP) is 5.78. The Bertz CT molecular complexity index is 1170. The summed E-state index contributed by atoms with van der Waals surface area (Å²) in [5.74, 6) is 1.14. The molecule has 0 aliphatic heterocycles. The zero-order chi connectivity index (χ0) is 20.2. The van der Waals surface area contributed by atoms with Crippen molar-refractivity contribution in [2.24, 2.45) is 0 Å². The molecule has 144 valence electrons. The first-order chi connectivity index (χ1) is 14.2. The molecular weight excluding hydrogens is 362 g/mol. The zero-order valence-corrected chi connectivity index (χ0v) is 16.3. The predicted molar refractivity (Wildman–Crippen MR) is 117 cm³/mol. The average Bonchev–Trinajstić information content (AvgIpc) is 2.78. The Hall–Kier alpha value is -3.79. The second-order valence-corrected chi connectivity index (χ2v) is 6.67. The van der Waals surface area contributed by atoms with E-state index in [0.717, 1.165) is 33.3 Å². The number of hydrogen-bond donors (Lipinski definition) is 1. The molecule has 4 aromatic carbocycles. The van der Waals surface area contributed by atoms with Gasteiger partial charge in [-0.25, -0.2) is 0 Å². The molecule has 0 radical (unpaired) electrons. The fourth-order valence-corrected chi connectivity index (χ4v) is 3.33. The van der Waals surface area contributed by atoms with E-state index in [9.17, 15) is 4.79 Å². The monoisotopic (exact) mass is 383 g/mol. The number of nitrogens with one attached hydrogen (secondary N) is 1. The molecule has 0 saturated heterocycles. The van der Waals surface area contributed by atoms with Crippen molar-refractivity contribution in [1.29, 1.82) is 0 Å². The van der Waals surface area contributed by atoms with Crippen molar-refractivity contribution in [2.45, 2.75) is 0 Å². The number of methoxy groups -OCH3 is 2. The van der Waals surface area contributed by atoms with Crippen molar-refractivity contribution in [3.05, 3.63) is 90.5 Å². The Morgan fingerprint density at radius 3 is 2.28 bits per heavy atom. The molecule has 0 spiro atoms. The lowest BCUT2D eigenvalue weighted by molar-refractivity contribution is 0.102. The van der Waals surface area contributed by atoms with Crippen LogP contribution in [0.5, 0.6) is 11.5 Å². The number of carbonyl (C=O) groups is 1. The smallest absolute Gasteiger partial charge is 0.259 e. The SMILES string of the molecule is COc1cccc(-c2ccc3cc(OC)c(C(=O)Nc4ccccc4)cc3c2)c1. The van der Waals surface area contributed by atoms with Crippen LogP contribution in [0, 0.1) is 0 Å². The lowest BCUT2D eigenvalue weighted by atomic mass is 9.99. The second kappa shape index (κ2) is 8.07. The summed E-state index contributed by atoms with van der Waals surface area (Å²) in [5.41, 5.74) is 3.34. The molecule has 0 bridgehead atoms. The van der Waals surface area contributed by atoms with E-state index in [-0.39, 0.29) is 5.91 Å². The minimum Gasteiger partial charge on any atom is -0.497 e. The Labute approximate surface area is 169 Å². The van der Waals surface area contributed by atoms with Crippen LogP contribution < -0.4 is 14.8 Å². The van der Waals surface area contributed by atoms with Crippen molar-refractivity contribution in [2.75, 3.05) is 19.5 Å². The number of para-hydroxylation sites is 1. The van der Waals surface area contributed by atoms with E-state index in [4.69, 9.17) is 9.47 Å². The van der Waals surface area contributed by atoms with Gasteiger partial charge in [-0.2, -0.15) is 0 Å². The van der Waals surface area contributed by atoms with Crippen LogP contribution in [0.1, 0.15) is 10.4 Å². The number of anilines is 1. The molecule has 0 aromatic heterocycles. The summed E-state index contributed by atoms with van der Waals surface area (Å²) in [6.07, 6.45) is 0. The van der Waals surface area contributed by atoms with E-state index in [1.54, 1.807) is 14.2 Å². The molecule has 1 N–H and O–H groups in total. The van der Waals surface area contributed by atoms with Gasteiger partial charge in [0.25, 0.3) is 5.91 Å². The maximum Gasteiger partial charge on any atom is 0.259 e. The van der Waals surface area contributed by atoms with Crippen LogP contribution in [0.15, 0.2) is 84.9 Å². The van der Waals surface area contributed by atoms with Crippen LogP contribution in [0.2, 0.25) is 0 Å². The Morgan fingerprint density at radius 1 is 0.724 bits per heavy atom. The van der Waals surface area contributed by atoms with E-state index in [0.29, 0.717) is 11.3 Å². The molecule has 0 saturated carbocycles. The number of ether oxygens (including phenoxy) is 2. The van der Waals surface area contributed by atoms with Gasteiger partial charge in [-0.15, -0.1) is 0 Å². The maximum absolute atomic E-state index is 12.9. The van der Waals surface area contributed by atoms with Gasteiger partial charge in [-0.3, -0.25) is 4.79 Å². The van der Waals surface area contributed by atoms with Gasteiger partial charge in [0.15, 0.2) is 0 Å². The summed E-state index contributed by atoms with van der Waals surface area (Å²) in [5, 5.41) is 4.89. The molecule has 1 amide bonds. The number of amides is 1. The summed E-state index contributed by atoms with van der Waals surface area (Å²) >= 11 is 0. The van der Waals surface area contributed by atoms with Gasteiger partial charge in [-0.1, -0.05) is 42.5 Å². The summed E-state index contributed by atoms with van der Waals surface area (Å²) in [4.78, 5) is 12.9. The molecule has 29 heavy (non-hydrogen) atoms. The largest absolute Gasteiger partial charge is 0.497 e. The highest BCUT2D eigenvalue weighted by Crippen LogP contribution is 2.31. The van der Waals surface area contributed by atoms with Crippen molar-refractivity contribution in [3.63, 3.8) is 0 Å². The molecule has 0 fully saturated rings. The Kier molecular flexibility index (Phi) is 5.16. The van der Waals surface area contributed by atoms with Gasteiger partial charge in [0.1, 0.15) is 11.5 Å². The Balaban J connectivity index is 1.75. The number of fused-ring (bicyclic) bond motifs is 1. The van der Waals surface area contributed by atoms with Crippen molar-refractivity contribution in [3.8, 4) is 22.6 Å².